The first-order valence-corrected chi connectivity index (χ1v) is 11.6. The molecule has 0 radical (unpaired) electrons. The second kappa shape index (κ2) is 8.50. The van der Waals surface area contributed by atoms with Crippen molar-refractivity contribution in [2.45, 2.75) is 4.90 Å². The van der Waals surface area contributed by atoms with Gasteiger partial charge in [0.15, 0.2) is 5.13 Å². The van der Waals surface area contributed by atoms with Crippen LogP contribution in [-0.2, 0) is 10.0 Å². The Labute approximate surface area is 187 Å². The number of carboxylic acids is 1. The summed E-state index contributed by atoms with van der Waals surface area (Å²) in [6, 6.07) is 18.1. The number of hydrogen-bond acceptors (Lipinski definition) is 6. The van der Waals surface area contributed by atoms with Gasteiger partial charge in [-0.1, -0.05) is 29.5 Å². The summed E-state index contributed by atoms with van der Waals surface area (Å²) in [6.45, 7) is 0. The Morgan fingerprint density at radius 1 is 1.00 bits per heavy atom. The number of aromatic carboxylic acids is 1. The van der Waals surface area contributed by atoms with Crippen molar-refractivity contribution in [3.8, 4) is 21.7 Å². The van der Waals surface area contributed by atoms with Crippen molar-refractivity contribution in [3.63, 3.8) is 0 Å². The Hall–Kier alpha value is -3.60. The summed E-state index contributed by atoms with van der Waals surface area (Å²) in [5.41, 5.74) is 2.16. The quantitative estimate of drug-likeness (QED) is 0.376. The normalized spacial score (nSPS) is 11.3. The zero-order chi connectivity index (χ0) is 22.9. The van der Waals surface area contributed by atoms with Crippen LogP contribution in [0.2, 0.25) is 0 Å². The van der Waals surface area contributed by atoms with E-state index in [1.165, 1.54) is 41.7 Å². The van der Waals surface area contributed by atoms with Gasteiger partial charge in [-0.05, 0) is 54.6 Å². The van der Waals surface area contributed by atoms with Crippen molar-refractivity contribution in [2.75, 3.05) is 5.32 Å². The van der Waals surface area contributed by atoms with E-state index in [4.69, 9.17) is 10.2 Å². The number of hydrogen-bond donors (Lipinski definition) is 3. The summed E-state index contributed by atoms with van der Waals surface area (Å²) in [5, 5.41) is 18.0. The number of rotatable bonds is 6. The lowest BCUT2D eigenvalue weighted by molar-refractivity contribution is 0.0697. The lowest BCUT2D eigenvalue weighted by Crippen LogP contribution is -2.13. The van der Waals surface area contributed by atoms with E-state index in [-0.39, 0.29) is 10.5 Å². The van der Waals surface area contributed by atoms with Gasteiger partial charge in [0.25, 0.3) is 0 Å². The highest BCUT2D eigenvalue weighted by molar-refractivity contribution is 7.89. The molecule has 4 N–H and O–H groups in total. The Morgan fingerprint density at radius 2 is 1.66 bits per heavy atom. The molecule has 4 rings (SSSR count). The minimum absolute atomic E-state index is 0.0515. The molecular formula is C22H16FN3O4S2. The molecule has 10 heteroatoms. The van der Waals surface area contributed by atoms with E-state index in [0.29, 0.717) is 32.5 Å². The number of anilines is 2. The highest BCUT2D eigenvalue weighted by Crippen LogP contribution is 2.42. The number of aromatic nitrogens is 1. The van der Waals surface area contributed by atoms with Crippen LogP contribution >= 0.6 is 11.3 Å². The first-order chi connectivity index (χ1) is 15.2. The van der Waals surface area contributed by atoms with Gasteiger partial charge in [-0.3, -0.25) is 0 Å². The van der Waals surface area contributed by atoms with E-state index in [2.05, 4.69) is 10.3 Å². The van der Waals surface area contributed by atoms with Crippen molar-refractivity contribution < 1.29 is 22.7 Å². The average molecular weight is 470 g/mol. The Morgan fingerprint density at radius 3 is 2.28 bits per heavy atom. The summed E-state index contributed by atoms with van der Waals surface area (Å²) >= 11 is 1.19. The number of nitrogens with zero attached hydrogens (tertiary/aromatic N) is 1. The molecule has 0 fully saturated rings. The molecule has 162 valence electrons. The van der Waals surface area contributed by atoms with Gasteiger partial charge in [0, 0.05) is 16.8 Å². The minimum atomic E-state index is -4.01. The van der Waals surface area contributed by atoms with E-state index >= 15 is 0 Å². The van der Waals surface area contributed by atoms with Crippen LogP contribution in [0.3, 0.4) is 0 Å². The van der Waals surface area contributed by atoms with Gasteiger partial charge in [-0.25, -0.2) is 27.7 Å². The number of sulfonamides is 1. The molecule has 0 atom stereocenters. The second-order valence-electron chi connectivity index (χ2n) is 6.75. The van der Waals surface area contributed by atoms with Crippen molar-refractivity contribution in [2.24, 2.45) is 5.14 Å². The first kappa shape index (κ1) is 21.6. The molecule has 0 bridgehead atoms. The molecule has 7 nitrogen and oxygen atoms in total. The number of benzene rings is 3. The van der Waals surface area contributed by atoms with Gasteiger partial charge in [-0.15, -0.1) is 0 Å². The third-order valence-electron chi connectivity index (χ3n) is 4.57. The fourth-order valence-corrected chi connectivity index (χ4v) is 4.94. The van der Waals surface area contributed by atoms with Crippen LogP contribution in [0.4, 0.5) is 15.2 Å². The fraction of sp³-hybridized carbons (Fsp3) is 0. The third-order valence-corrected chi connectivity index (χ3v) is 6.54. The van der Waals surface area contributed by atoms with Crippen molar-refractivity contribution in [3.05, 3.63) is 84.2 Å². The zero-order valence-corrected chi connectivity index (χ0v) is 18.0. The maximum absolute atomic E-state index is 13.5. The smallest absolute Gasteiger partial charge is 0.335 e. The zero-order valence-electron chi connectivity index (χ0n) is 16.3. The number of carbonyl (C=O) groups is 1. The number of carboxylic acid groups (broad SMARTS) is 1. The van der Waals surface area contributed by atoms with E-state index in [1.54, 1.807) is 42.5 Å². The predicted molar refractivity (Wildman–Crippen MR) is 121 cm³/mol. The lowest BCUT2D eigenvalue weighted by atomic mass is 10.1. The summed E-state index contributed by atoms with van der Waals surface area (Å²) in [7, 11) is -4.01. The molecule has 0 saturated heterocycles. The molecule has 0 saturated carbocycles. The SMILES string of the molecule is NS(=O)(=O)c1ccccc1-c1sc(Nc2ccc(C(=O)O)cc2)nc1-c1ccc(F)cc1. The molecule has 0 aliphatic rings. The highest BCUT2D eigenvalue weighted by Gasteiger charge is 2.22. The van der Waals surface area contributed by atoms with E-state index < -0.39 is 21.8 Å². The molecule has 0 aliphatic carbocycles. The third kappa shape index (κ3) is 4.52. The maximum atomic E-state index is 13.5. The monoisotopic (exact) mass is 469 g/mol. The molecule has 32 heavy (non-hydrogen) atoms. The summed E-state index contributed by atoms with van der Waals surface area (Å²) in [5.74, 6) is -1.45. The molecule has 0 amide bonds. The van der Waals surface area contributed by atoms with Gasteiger partial charge in [0.1, 0.15) is 5.82 Å². The number of thiazole rings is 1. The standard InChI is InChI=1S/C22H16FN3O4S2/c23-15-9-5-13(6-10-15)19-20(17-3-1-2-4-18(17)32(24,29)30)31-22(26-19)25-16-11-7-14(8-12-16)21(27)28/h1-12H,(H,25,26)(H,27,28)(H2,24,29,30). The van der Waals surface area contributed by atoms with Crippen LogP contribution in [0.5, 0.6) is 0 Å². The minimum Gasteiger partial charge on any atom is -0.478 e. The van der Waals surface area contributed by atoms with Crippen molar-refractivity contribution >= 4 is 38.1 Å². The van der Waals surface area contributed by atoms with Gasteiger partial charge in [0.2, 0.25) is 10.0 Å². The van der Waals surface area contributed by atoms with Crippen LogP contribution in [0.15, 0.2) is 77.7 Å². The second-order valence-corrected chi connectivity index (χ2v) is 9.28. The molecule has 0 aliphatic heterocycles. The highest BCUT2D eigenvalue weighted by atomic mass is 32.2. The molecule has 4 aromatic rings. The molecule has 3 aromatic carbocycles. The van der Waals surface area contributed by atoms with Crippen molar-refractivity contribution in [1.82, 2.24) is 4.98 Å². The number of nitrogens with one attached hydrogen (secondary N) is 1. The molecular weight excluding hydrogens is 453 g/mol. The van der Waals surface area contributed by atoms with E-state index in [0.717, 1.165) is 0 Å². The van der Waals surface area contributed by atoms with Crippen molar-refractivity contribution in [1.29, 1.82) is 0 Å². The predicted octanol–water partition coefficient (Wildman–Crippen LogP) is 4.71. The number of halogens is 1. The van der Waals surface area contributed by atoms with Gasteiger partial charge in [0.05, 0.1) is 21.0 Å². The molecule has 1 heterocycles. The van der Waals surface area contributed by atoms with Crippen LogP contribution in [-0.4, -0.2) is 24.5 Å². The Balaban J connectivity index is 1.83. The van der Waals surface area contributed by atoms with Crippen LogP contribution < -0.4 is 10.5 Å². The van der Waals surface area contributed by atoms with E-state index in [9.17, 15) is 17.6 Å². The largest absolute Gasteiger partial charge is 0.478 e. The summed E-state index contributed by atoms with van der Waals surface area (Å²) < 4.78 is 37.8. The summed E-state index contributed by atoms with van der Waals surface area (Å²) in [6.07, 6.45) is 0. The Kier molecular flexibility index (Phi) is 5.74. The van der Waals surface area contributed by atoms with Gasteiger partial charge < -0.3 is 10.4 Å². The number of primary sulfonamides is 1. The van der Waals surface area contributed by atoms with Crippen LogP contribution in [0.25, 0.3) is 21.7 Å². The fourth-order valence-electron chi connectivity index (χ4n) is 3.08. The molecule has 0 spiro atoms. The summed E-state index contributed by atoms with van der Waals surface area (Å²) in [4.78, 5) is 16.1. The molecule has 1 aromatic heterocycles. The number of nitrogens with two attached hydrogens (primary N) is 1. The Bertz CT molecular complexity index is 1400. The van der Waals surface area contributed by atoms with Gasteiger partial charge in [-0.2, -0.15) is 0 Å². The average Bonchev–Trinajstić information content (AvgIpc) is 3.17. The maximum Gasteiger partial charge on any atom is 0.335 e. The van der Waals surface area contributed by atoms with Gasteiger partial charge >= 0.3 is 5.97 Å². The topological polar surface area (TPSA) is 122 Å². The first-order valence-electron chi connectivity index (χ1n) is 9.22. The van der Waals surface area contributed by atoms with E-state index in [1.807, 2.05) is 0 Å². The molecule has 0 unspecified atom stereocenters. The lowest BCUT2D eigenvalue weighted by Gasteiger charge is -2.07. The van der Waals surface area contributed by atoms with Crippen LogP contribution in [0, 0.1) is 5.82 Å². The van der Waals surface area contributed by atoms with Crippen LogP contribution in [0.1, 0.15) is 10.4 Å².